The van der Waals surface area contributed by atoms with Crippen LogP contribution in [0.2, 0.25) is 0 Å². The maximum atomic E-state index is 13.1. The van der Waals surface area contributed by atoms with Crippen LogP contribution in [0.3, 0.4) is 0 Å². The van der Waals surface area contributed by atoms with E-state index < -0.39 is 0 Å². The second-order valence-electron chi connectivity index (χ2n) is 3.91. The van der Waals surface area contributed by atoms with Gasteiger partial charge in [-0.25, -0.2) is 9.37 Å². The largest absolute Gasteiger partial charge is 0.304 e. The van der Waals surface area contributed by atoms with Crippen LogP contribution in [0.5, 0.6) is 0 Å². The van der Waals surface area contributed by atoms with Gasteiger partial charge in [-0.3, -0.25) is 4.98 Å². The summed E-state index contributed by atoms with van der Waals surface area (Å²) < 4.78 is 15.1. The van der Waals surface area contributed by atoms with Crippen molar-refractivity contribution in [3.05, 3.63) is 54.4 Å². The van der Waals surface area contributed by atoms with E-state index in [0.717, 1.165) is 17.0 Å². The highest BCUT2D eigenvalue weighted by atomic mass is 19.1. The van der Waals surface area contributed by atoms with Crippen molar-refractivity contribution in [1.82, 2.24) is 14.4 Å². The van der Waals surface area contributed by atoms with Gasteiger partial charge in [0.05, 0.1) is 11.9 Å². The Hall–Kier alpha value is -2.23. The Morgan fingerprint density at radius 1 is 1.24 bits per heavy atom. The van der Waals surface area contributed by atoms with E-state index in [1.54, 1.807) is 6.20 Å². The third-order valence-corrected chi connectivity index (χ3v) is 2.70. The van der Waals surface area contributed by atoms with Gasteiger partial charge < -0.3 is 4.40 Å². The SMILES string of the molecule is Cc1cccc2nc(-c3cncc(F)c3)cn12. The number of halogens is 1. The lowest BCUT2D eigenvalue weighted by atomic mass is 10.2. The predicted molar refractivity (Wildman–Crippen MR) is 63.1 cm³/mol. The van der Waals surface area contributed by atoms with Crippen molar-refractivity contribution >= 4 is 5.65 Å². The standard InChI is InChI=1S/C13H10FN3/c1-9-3-2-4-13-16-12(8-17(9)13)10-5-11(14)7-15-6-10/h2-8H,1H3. The van der Waals surface area contributed by atoms with Crippen LogP contribution in [-0.2, 0) is 0 Å². The number of fused-ring (bicyclic) bond motifs is 1. The van der Waals surface area contributed by atoms with Crippen LogP contribution in [0, 0.1) is 12.7 Å². The second-order valence-corrected chi connectivity index (χ2v) is 3.91. The number of nitrogens with zero attached hydrogens (tertiary/aromatic N) is 3. The number of rotatable bonds is 1. The number of hydrogen-bond donors (Lipinski definition) is 0. The van der Waals surface area contributed by atoms with Gasteiger partial charge in [-0.05, 0) is 25.1 Å². The fourth-order valence-corrected chi connectivity index (χ4v) is 1.84. The molecule has 3 aromatic heterocycles. The van der Waals surface area contributed by atoms with Crippen LogP contribution >= 0.6 is 0 Å². The van der Waals surface area contributed by atoms with Crippen LogP contribution in [0.25, 0.3) is 16.9 Å². The van der Waals surface area contributed by atoms with Gasteiger partial charge in [-0.2, -0.15) is 0 Å². The van der Waals surface area contributed by atoms with Gasteiger partial charge >= 0.3 is 0 Å². The molecule has 0 saturated carbocycles. The highest BCUT2D eigenvalue weighted by Crippen LogP contribution is 2.19. The van der Waals surface area contributed by atoms with Crippen molar-refractivity contribution in [2.24, 2.45) is 0 Å². The molecule has 0 aromatic carbocycles. The van der Waals surface area contributed by atoms with Crippen molar-refractivity contribution in [3.63, 3.8) is 0 Å². The normalized spacial score (nSPS) is 10.9. The summed E-state index contributed by atoms with van der Waals surface area (Å²) in [6, 6.07) is 7.31. The van der Waals surface area contributed by atoms with E-state index in [9.17, 15) is 4.39 Å². The minimum atomic E-state index is -0.351. The van der Waals surface area contributed by atoms with Gasteiger partial charge in [-0.1, -0.05) is 6.07 Å². The van der Waals surface area contributed by atoms with Crippen LogP contribution < -0.4 is 0 Å². The fourth-order valence-electron chi connectivity index (χ4n) is 1.84. The molecule has 0 radical (unpaired) electrons. The molecule has 17 heavy (non-hydrogen) atoms. The number of hydrogen-bond acceptors (Lipinski definition) is 2. The van der Waals surface area contributed by atoms with Gasteiger partial charge in [0.1, 0.15) is 11.5 Å². The molecule has 0 fully saturated rings. The average molecular weight is 227 g/mol. The minimum Gasteiger partial charge on any atom is -0.304 e. The summed E-state index contributed by atoms with van der Waals surface area (Å²) in [5.41, 5.74) is 3.36. The molecule has 0 aliphatic heterocycles. The maximum Gasteiger partial charge on any atom is 0.142 e. The molecule has 3 rings (SSSR count). The third-order valence-electron chi connectivity index (χ3n) is 2.70. The molecule has 0 bridgehead atoms. The van der Waals surface area contributed by atoms with Gasteiger partial charge in [0.25, 0.3) is 0 Å². The smallest absolute Gasteiger partial charge is 0.142 e. The van der Waals surface area contributed by atoms with E-state index in [-0.39, 0.29) is 5.82 Å². The summed E-state index contributed by atoms with van der Waals surface area (Å²) in [6.07, 6.45) is 4.69. The summed E-state index contributed by atoms with van der Waals surface area (Å²) in [6.45, 7) is 2.00. The molecule has 3 aromatic rings. The summed E-state index contributed by atoms with van der Waals surface area (Å²) >= 11 is 0. The second kappa shape index (κ2) is 3.66. The Morgan fingerprint density at radius 2 is 2.12 bits per heavy atom. The van der Waals surface area contributed by atoms with Gasteiger partial charge in [0.2, 0.25) is 0 Å². The average Bonchev–Trinajstić information content (AvgIpc) is 2.74. The van der Waals surface area contributed by atoms with Crippen LogP contribution in [0.15, 0.2) is 42.9 Å². The molecule has 0 spiro atoms. The lowest BCUT2D eigenvalue weighted by molar-refractivity contribution is 0.622. The molecule has 0 aliphatic carbocycles. The third kappa shape index (κ3) is 1.67. The maximum absolute atomic E-state index is 13.1. The zero-order valence-electron chi connectivity index (χ0n) is 9.26. The van der Waals surface area contributed by atoms with Crippen LogP contribution in [-0.4, -0.2) is 14.4 Å². The first-order chi connectivity index (χ1) is 8.24. The predicted octanol–water partition coefficient (Wildman–Crippen LogP) is 2.84. The fraction of sp³-hybridized carbons (Fsp3) is 0.0769. The van der Waals surface area contributed by atoms with E-state index in [1.807, 2.05) is 35.7 Å². The molecule has 3 heterocycles. The van der Waals surface area contributed by atoms with E-state index in [1.165, 1.54) is 12.3 Å². The summed E-state index contributed by atoms with van der Waals surface area (Å²) in [5.74, 6) is -0.351. The van der Waals surface area contributed by atoms with Gasteiger partial charge in [0.15, 0.2) is 0 Å². The first-order valence-corrected chi connectivity index (χ1v) is 5.30. The molecular formula is C13H10FN3. The quantitative estimate of drug-likeness (QED) is 0.640. The lowest BCUT2D eigenvalue weighted by Crippen LogP contribution is -1.86. The Balaban J connectivity index is 2.22. The van der Waals surface area contributed by atoms with E-state index >= 15 is 0 Å². The molecule has 3 nitrogen and oxygen atoms in total. The number of aryl methyl sites for hydroxylation is 1. The molecule has 84 valence electrons. The summed E-state index contributed by atoms with van der Waals surface area (Å²) in [7, 11) is 0. The molecular weight excluding hydrogens is 217 g/mol. The monoisotopic (exact) mass is 227 g/mol. The van der Waals surface area contributed by atoms with Crippen LogP contribution in [0.1, 0.15) is 5.69 Å². The van der Waals surface area contributed by atoms with Crippen LogP contribution in [0.4, 0.5) is 4.39 Å². The number of pyridine rings is 2. The molecule has 0 unspecified atom stereocenters. The Labute approximate surface area is 97.6 Å². The molecule has 4 heteroatoms. The molecule has 0 saturated heterocycles. The van der Waals surface area contributed by atoms with Gasteiger partial charge in [0, 0.05) is 23.7 Å². The zero-order valence-corrected chi connectivity index (χ0v) is 9.26. The summed E-state index contributed by atoms with van der Waals surface area (Å²) in [4.78, 5) is 8.27. The van der Waals surface area contributed by atoms with E-state index in [4.69, 9.17) is 0 Å². The topological polar surface area (TPSA) is 30.2 Å². The molecule has 0 amide bonds. The Morgan fingerprint density at radius 3 is 2.88 bits per heavy atom. The van der Waals surface area contributed by atoms with E-state index in [2.05, 4.69) is 9.97 Å². The number of aromatic nitrogens is 3. The van der Waals surface area contributed by atoms with Crippen molar-refractivity contribution in [3.8, 4) is 11.3 Å². The number of imidazole rings is 1. The van der Waals surface area contributed by atoms with Crippen molar-refractivity contribution in [2.75, 3.05) is 0 Å². The van der Waals surface area contributed by atoms with E-state index in [0.29, 0.717) is 5.56 Å². The highest BCUT2D eigenvalue weighted by molar-refractivity contribution is 5.61. The first kappa shape index (κ1) is 9.96. The minimum absolute atomic E-state index is 0.351. The lowest BCUT2D eigenvalue weighted by Gasteiger charge is -1.96. The highest BCUT2D eigenvalue weighted by Gasteiger charge is 2.06. The zero-order chi connectivity index (χ0) is 11.8. The van der Waals surface area contributed by atoms with Crippen molar-refractivity contribution < 1.29 is 4.39 Å². The first-order valence-electron chi connectivity index (χ1n) is 5.30. The Kier molecular flexibility index (Phi) is 2.14. The molecule has 0 atom stereocenters. The summed E-state index contributed by atoms with van der Waals surface area (Å²) in [5, 5.41) is 0. The van der Waals surface area contributed by atoms with Gasteiger partial charge in [-0.15, -0.1) is 0 Å². The van der Waals surface area contributed by atoms with Crippen molar-refractivity contribution in [2.45, 2.75) is 6.92 Å². The Bertz CT molecular complexity index is 688. The molecule has 0 aliphatic rings. The molecule has 0 N–H and O–H groups in total. The van der Waals surface area contributed by atoms with Crippen molar-refractivity contribution in [1.29, 1.82) is 0 Å².